The quantitative estimate of drug-likeness (QED) is 0.647. The van der Waals surface area contributed by atoms with Crippen LogP contribution < -0.4 is 0 Å². The molecule has 0 unspecified atom stereocenters. The van der Waals surface area contributed by atoms with Gasteiger partial charge in [0.1, 0.15) is 0 Å². The fourth-order valence-electron chi connectivity index (χ4n) is 1.39. The summed E-state index contributed by atoms with van der Waals surface area (Å²) in [6.45, 7) is 5.75. The molecule has 1 rings (SSSR count). The van der Waals surface area contributed by atoms with Gasteiger partial charge in [-0.3, -0.25) is 9.59 Å². The van der Waals surface area contributed by atoms with Crippen molar-refractivity contribution in [3.05, 3.63) is 33.9 Å². The molecule has 1 aromatic carbocycles. The molecular weight excluding hydrogens is 164 g/mol. The summed E-state index contributed by atoms with van der Waals surface area (Å²) in [4.78, 5) is 21.4. The Balaban J connectivity index is 3.56. The lowest BCUT2D eigenvalue weighted by Gasteiger charge is -2.09. The largest absolute Gasteiger partial charge is 0.298 e. The first-order chi connectivity index (χ1) is 6.11. The first kappa shape index (κ1) is 9.65. The van der Waals surface area contributed by atoms with E-state index in [-0.39, 0.29) is 0 Å². The number of benzene rings is 1. The summed E-state index contributed by atoms with van der Waals surface area (Å²) in [5.74, 6) is 0. The molecule has 68 valence electrons. The monoisotopic (exact) mass is 176 g/mol. The molecule has 0 heterocycles. The molecule has 0 aliphatic carbocycles. The van der Waals surface area contributed by atoms with Gasteiger partial charge < -0.3 is 0 Å². The maximum absolute atomic E-state index is 10.7. The minimum absolute atomic E-state index is 0.482. The molecule has 0 fully saturated rings. The predicted octanol–water partition coefficient (Wildman–Crippen LogP) is 2.24. The number of aldehydes is 2. The summed E-state index contributed by atoms with van der Waals surface area (Å²) in [6.07, 6.45) is 1.47. The Labute approximate surface area is 77.6 Å². The van der Waals surface area contributed by atoms with Crippen LogP contribution in [0.25, 0.3) is 0 Å². The van der Waals surface area contributed by atoms with Crippen molar-refractivity contribution >= 4 is 12.6 Å². The van der Waals surface area contributed by atoms with Gasteiger partial charge >= 0.3 is 0 Å². The SMILES string of the molecule is Cc1cc(C=O)c(C=O)c(C)c1C. The average Bonchev–Trinajstić information content (AvgIpc) is 2.13. The first-order valence-corrected chi connectivity index (χ1v) is 4.13. The zero-order chi connectivity index (χ0) is 10.0. The minimum atomic E-state index is 0.482. The van der Waals surface area contributed by atoms with Crippen molar-refractivity contribution in [3.8, 4) is 0 Å². The molecule has 2 heteroatoms. The highest BCUT2D eigenvalue weighted by Crippen LogP contribution is 2.19. The molecule has 0 atom stereocenters. The van der Waals surface area contributed by atoms with E-state index in [2.05, 4.69) is 0 Å². The number of carbonyl (C=O) groups excluding carboxylic acids is 2. The van der Waals surface area contributed by atoms with Gasteiger partial charge in [0.25, 0.3) is 0 Å². The summed E-state index contributed by atoms with van der Waals surface area (Å²) in [6, 6.07) is 1.75. The molecule has 2 nitrogen and oxygen atoms in total. The number of hydrogen-bond acceptors (Lipinski definition) is 2. The summed E-state index contributed by atoms with van der Waals surface area (Å²) >= 11 is 0. The van der Waals surface area contributed by atoms with Gasteiger partial charge in [-0.05, 0) is 43.5 Å². The van der Waals surface area contributed by atoms with Crippen LogP contribution >= 0.6 is 0 Å². The highest BCUT2D eigenvalue weighted by atomic mass is 16.1. The Hall–Kier alpha value is -1.44. The molecule has 0 saturated carbocycles. The van der Waals surface area contributed by atoms with Crippen LogP contribution in [0.1, 0.15) is 37.4 Å². The van der Waals surface area contributed by atoms with E-state index in [1.54, 1.807) is 6.07 Å². The van der Waals surface area contributed by atoms with Crippen molar-refractivity contribution in [3.63, 3.8) is 0 Å². The Kier molecular flexibility index (Phi) is 2.61. The molecule has 0 aliphatic heterocycles. The highest BCUT2D eigenvalue weighted by molar-refractivity contribution is 5.92. The predicted molar refractivity (Wildman–Crippen MR) is 51.4 cm³/mol. The van der Waals surface area contributed by atoms with E-state index in [0.29, 0.717) is 11.1 Å². The molecule has 0 aromatic heterocycles. The van der Waals surface area contributed by atoms with Crippen LogP contribution in [-0.2, 0) is 0 Å². The van der Waals surface area contributed by atoms with Crippen LogP contribution in [0.3, 0.4) is 0 Å². The lowest BCUT2D eigenvalue weighted by Crippen LogP contribution is -1.99. The molecule has 0 amide bonds. The van der Waals surface area contributed by atoms with Gasteiger partial charge in [0.05, 0.1) is 0 Å². The van der Waals surface area contributed by atoms with E-state index in [9.17, 15) is 9.59 Å². The van der Waals surface area contributed by atoms with Crippen molar-refractivity contribution in [1.29, 1.82) is 0 Å². The number of carbonyl (C=O) groups is 2. The summed E-state index contributed by atoms with van der Waals surface area (Å²) < 4.78 is 0. The molecule has 0 bridgehead atoms. The van der Waals surface area contributed by atoms with Crippen molar-refractivity contribution in [2.45, 2.75) is 20.8 Å². The second-order valence-electron chi connectivity index (χ2n) is 3.18. The first-order valence-electron chi connectivity index (χ1n) is 4.13. The second-order valence-corrected chi connectivity index (χ2v) is 3.18. The van der Waals surface area contributed by atoms with Gasteiger partial charge in [-0.15, -0.1) is 0 Å². The molecular formula is C11H12O2. The van der Waals surface area contributed by atoms with E-state index < -0.39 is 0 Å². The Morgan fingerprint density at radius 1 is 1.00 bits per heavy atom. The zero-order valence-electron chi connectivity index (χ0n) is 8.05. The lowest BCUT2D eigenvalue weighted by molar-refractivity contribution is 0.109. The van der Waals surface area contributed by atoms with Crippen LogP contribution in [0.2, 0.25) is 0 Å². The van der Waals surface area contributed by atoms with Crippen molar-refractivity contribution < 1.29 is 9.59 Å². The van der Waals surface area contributed by atoms with E-state index in [1.807, 2.05) is 20.8 Å². The van der Waals surface area contributed by atoms with Gasteiger partial charge in [-0.2, -0.15) is 0 Å². The summed E-state index contributed by atoms with van der Waals surface area (Å²) in [5.41, 5.74) is 4.02. The van der Waals surface area contributed by atoms with E-state index >= 15 is 0 Å². The van der Waals surface area contributed by atoms with Crippen molar-refractivity contribution in [1.82, 2.24) is 0 Å². The number of rotatable bonds is 2. The van der Waals surface area contributed by atoms with Gasteiger partial charge in [0, 0.05) is 11.1 Å². The maximum atomic E-state index is 10.7. The van der Waals surface area contributed by atoms with Crippen LogP contribution in [0.4, 0.5) is 0 Å². The second kappa shape index (κ2) is 3.52. The highest BCUT2D eigenvalue weighted by Gasteiger charge is 2.08. The standard InChI is InChI=1S/C11H12O2/c1-7-4-10(5-12)11(6-13)9(3)8(7)2/h4-6H,1-3H3. The van der Waals surface area contributed by atoms with E-state index in [4.69, 9.17) is 0 Å². The van der Waals surface area contributed by atoms with E-state index in [1.165, 1.54) is 0 Å². The maximum Gasteiger partial charge on any atom is 0.151 e. The minimum Gasteiger partial charge on any atom is -0.298 e. The smallest absolute Gasteiger partial charge is 0.151 e. The summed E-state index contributed by atoms with van der Waals surface area (Å²) in [5, 5.41) is 0. The Morgan fingerprint density at radius 3 is 2.08 bits per heavy atom. The molecule has 13 heavy (non-hydrogen) atoms. The van der Waals surface area contributed by atoms with Crippen LogP contribution in [0.15, 0.2) is 6.07 Å². The molecule has 0 spiro atoms. The van der Waals surface area contributed by atoms with Crippen LogP contribution in [0, 0.1) is 20.8 Å². The average molecular weight is 176 g/mol. The van der Waals surface area contributed by atoms with Crippen LogP contribution in [-0.4, -0.2) is 12.6 Å². The number of hydrogen-bond donors (Lipinski definition) is 0. The molecule has 1 aromatic rings. The number of aryl methyl sites for hydroxylation is 1. The van der Waals surface area contributed by atoms with Gasteiger partial charge in [0.15, 0.2) is 12.6 Å². The molecule has 0 aliphatic rings. The Bertz CT molecular complexity index is 365. The third kappa shape index (κ3) is 1.52. The molecule has 0 N–H and O–H groups in total. The summed E-state index contributed by atoms with van der Waals surface area (Å²) in [7, 11) is 0. The van der Waals surface area contributed by atoms with Crippen molar-refractivity contribution in [2.75, 3.05) is 0 Å². The fraction of sp³-hybridized carbons (Fsp3) is 0.273. The Morgan fingerprint density at radius 2 is 1.62 bits per heavy atom. The molecule has 0 saturated heterocycles. The van der Waals surface area contributed by atoms with Gasteiger partial charge in [0.2, 0.25) is 0 Å². The van der Waals surface area contributed by atoms with Crippen molar-refractivity contribution in [2.24, 2.45) is 0 Å². The van der Waals surface area contributed by atoms with Crippen LogP contribution in [0.5, 0.6) is 0 Å². The third-order valence-electron chi connectivity index (χ3n) is 2.49. The van der Waals surface area contributed by atoms with Gasteiger partial charge in [-0.1, -0.05) is 0 Å². The van der Waals surface area contributed by atoms with E-state index in [0.717, 1.165) is 29.3 Å². The fourth-order valence-corrected chi connectivity index (χ4v) is 1.39. The topological polar surface area (TPSA) is 34.1 Å². The third-order valence-corrected chi connectivity index (χ3v) is 2.49. The van der Waals surface area contributed by atoms with Gasteiger partial charge in [-0.25, -0.2) is 0 Å². The normalized spacial score (nSPS) is 9.77. The lowest BCUT2D eigenvalue weighted by atomic mass is 9.95. The zero-order valence-corrected chi connectivity index (χ0v) is 8.05. The molecule has 0 radical (unpaired) electrons.